The lowest BCUT2D eigenvalue weighted by Gasteiger charge is -2.06. The molecule has 0 aliphatic heterocycles. The molecule has 4 rings (SSSR count). The maximum absolute atomic E-state index is 12.3. The van der Waals surface area contributed by atoms with E-state index in [1.165, 1.54) is 4.57 Å². The van der Waals surface area contributed by atoms with E-state index in [-0.39, 0.29) is 18.1 Å². The number of amides is 1. The van der Waals surface area contributed by atoms with Crippen LogP contribution in [0, 0.1) is 0 Å². The van der Waals surface area contributed by atoms with Gasteiger partial charge < -0.3 is 10.3 Å². The van der Waals surface area contributed by atoms with Crippen LogP contribution in [0.5, 0.6) is 0 Å². The highest BCUT2D eigenvalue weighted by Gasteiger charge is 2.13. The summed E-state index contributed by atoms with van der Waals surface area (Å²) in [6.45, 7) is 0.290. The number of imidazole rings is 1. The predicted octanol–water partition coefficient (Wildman–Crippen LogP) is 2.10. The van der Waals surface area contributed by atoms with Crippen molar-refractivity contribution in [3.05, 3.63) is 82.9 Å². The minimum absolute atomic E-state index is 0.114. The first-order chi connectivity index (χ1) is 13.2. The number of fused-ring (bicyclic) bond motifs is 1. The van der Waals surface area contributed by atoms with Gasteiger partial charge in [0.05, 0.1) is 6.20 Å². The molecule has 27 heavy (non-hydrogen) atoms. The van der Waals surface area contributed by atoms with Crippen LogP contribution in [0.4, 0.5) is 0 Å². The van der Waals surface area contributed by atoms with E-state index in [2.05, 4.69) is 20.3 Å². The molecule has 0 bridgehead atoms. The van der Waals surface area contributed by atoms with Gasteiger partial charge in [-0.15, -0.1) is 0 Å². The lowest BCUT2D eigenvalue weighted by atomic mass is 10.2. The van der Waals surface area contributed by atoms with Crippen molar-refractivity contribution in [2.24, 2.45) is 0 Å². The molecule has 0 spiro atoms. The molecule has 7 nitrogen and oxygen atoms in total. The molecule has 7 heteroatoms. The third-order valence-electron chi connectivity index (χ3n) is 4.18. The van der Waals surface area contributed by atoms with Gasteiger partial charge in [-0.2, -0.15) is 0 Å². The number of benzene rings is 2. The molecule has 4 aromatic rings. The van der Waals surface area contributed by atoms with Crippen molar-refractivity contribution in [3.63, 3.8) is 0 Å². The molecule has 0 aliphatic rings. The summed E-state index contributed by atoms with van der Waals surface area (Å²) in [6.07, 6.45) is 1.56. The second-order valence-electron chi connectivity index (χ2n) is 6.08. The number of nitrogens with zero attached hydrogens (tertiary/aromatic N) is 3. The van der Waals surface area contributed by atoms with E-state index in [9.17, 15) is 9.59 Å². The van der Waals surface area contributed by atoms with Crippen molar-refractivity contribution < 1.29 is 4.79 Å². The summed E-state index contributed by atoms with van der Waals surface area (Å²) >= 11 is 0. The van der Waals surface area contributed by atoms with E-state index < -0.39 is 0 Å². The number of H-pyrrole nitrogens is 1. The van der Waals surface area contributed by atoms with Crippen LogP contribution in [0.1, 0.15) is 5.56 Å². The quantitative estimate of drug-likeness (QED) is 0.571. The van der Waals surface area contributed by atoms with E-state index in [0.29, 0.717) is 23.5 Å². The Morgan fingerprint density at radius 2 is 1.74 bits per heavy atom. The average Bonchev–Trinajstić information content (AvgIpc) is 3.02. The highest BCUT2D eigenvalue weighted by atomic mass is 16.2. The Bertz CT molecular complexity index is 1130. The molecule has 0 fully saturated rings. The number of hydrogen-bond acceptors (Lipinski definition) is 4. The summed E-state index contributed by atoms with van der Waals surface area (Å²) in [5, 5.41) is 2.82. The van der Waals surface area contributed by atoms with Crippen LogP contribution in [0.25, 0.3) is 22.6 Å². The molecule has 134 valence electrons. The molecule has 2 heterocycles. The summed E-state index contributed by atoms with van der Waals surface area (Å²) < 4.78 is 1.32. The number of carbonyl (C=O) groups is 1. The first-order valence-corrected chi connectivity index (χ1v) is 8.52. The Morgan fingerprint density at radius 3 is 2.48 bits per heavy atom. The Labute approximate surface area is 154 Å². The van der Waals surface area contributed by atoms with Crippen LogP contribution in [0.15, 0.2) is 71.7 Å². The number of aromatic nitrogens is 4. The molecule has 0 unspecified atom stereocenters. The van der Waals surface area contributed by atoms with Gasteiger partial charge in [-0.1, -0.05) is 60.7 Å². The third-order valence-corrected chi connectivity index (χ3v) is 4.18. The molecule has 2 N–H and O–H groups in total. The van der Waals surface area contributed by atoms with Crippen LogP contribution in [-0.2, 0) is 17.9 Å². The zero-order chi connectivity index (χ0) is 18.6. The van der Waals surface area contributed by atoms with Gasteiger partial charge in [-0.25, -0.2) is 14.8 Å². The Morgan fingerprint density at radius 1 is 1.04 bits per heavy atom. The summed E-state index contributed by atoms with van der Waals surface area (Å²) in [5.74, 6) is 0.238. The minimum atomic E-state index is -0.389. The van der Waals surface area contributed by atoms with Gasteiger partial charge in [0, 0.05) is 12.1 Å². The molecule has 1 amide bonds. The molecule has 2 aromatic carbocycles. The van der Waals surface area contributed by atoms with Crippen molar-refractivity contribution in [1.29, 1.82) is 0 Å². The third kappa shape index (κ3) is 3.62. The summed E-state index contributed by atoms with van der Waals surface area (Å²) in [6, 6.07) is 19.1. The molecule has 0 saturated heterocycles. The fraction of sp³-hybridized carbons (Fsp3) is 0.100. The largest absolute Gasteiger partial charge is 0.350 e. The zero-order valence-electron chi connectivity index (χ0n) is 14.4. The van der Waals surface area contributed by atoms with E-state index in [4.69, 9.17) is 0 Å². The molecular weight excluding hydrogens is 342 g/mol. The van der Waals surface area contributed by atoms with Crippen LogP contribution in [0.3, 0.4) is 0 Å². The smallest absolute Gasteiger partial charge is 0.328 e. The van der Waals surface area contributed by atoms with E-state index >= 15 is 0 Å². The second-order valence-corrected chi connectivity index (χ2v) is 6.08. The van der Waals surface area contributed by atoms with Crippen molar-refractivity contribution in [3.8, 4) is 11.4 Å². The number of aromatic amines is 1. The number of carbonyl (C=O) groups excluding carboxylic acids is 1. The van der Waals surface area contributed by atoms with Gasteiger partial charge in [-0.05, 0) is 5.56 Å². The Hall–Kier alpha value is -3.74. The van der Waals surface area contributed by atoms with E-state index in [1.54, 1.807) is 6.20 Å². The number of hydrogen-bond donors (Lipinski definition) is 2. The standard InChI is InChI=1S/C20H17N5O2/c26-17(21-11-14-7-3-1-4-8-14)13-25-19-16(23-20(25)27)12-22-18(24-19)15-9-5-2-6-10-15/h1-10,12H,11,13H2,(H,21,26)(H,23,27). The second kappa shape index (κ2) is 7.25. The summed E-state index contributed by atoms with van der Waals surface area (Å²) in [5.41, 5.74) is 2.34. The van der Waals surface area contributed by atoms with Crippen molar-refractivity contribution in [1.82, 2.24) is 24.8 Å². The van der Waals surface area contributed by atoms with Crippen LogP contribution >= 0.6 is 0 Å². The maximum atomic E-state index is 12.3. The van der Waals surface area contributed by atoms with Crippen LogP contribution in [-0.4, -0.2) is 25.4 Å². The zero-order valence-corrected chi connectivity index (χ0v) is 14.4. The Balaban J connectivity index is 1.58. The van der Waals surface area contributed by atoms with Gasteiger partial charge >= 0.3 is 5.69 Å². The molecule has 0 atom stereocenters. The van der Waals surface area contributed by atoms with Gasteiger partial charge in [0.1, 0.15) is 12.1 Å². The number of rotatable bonds is 5. The average molecular weight is 359 g/mol. The highest BCUT2D eigenvalue weighted by Crippen LogP contribution is 2.16. The van der Waals surface area contributed by atoms with Gasteiger partial charge in [0.2, 0.25) is 5.91 Å². The van der Waals surface area contributed by atoms with E-state index in [1.807, 2.05) is 60.7 Å². The molecule has 0 saturated carbocycles. The first kappa shape index (κ1) is 16.7. The van der Waals surface area contributed by atoms with Gasteiger partial charge in [-0.3, -0.25) is 9.36 Å². The maximum Gasteiger partial charge on any atom is 0.328 e. The molecule has 0 aliphatic carbocycles. The summed E-state index contributed by atoms with van der Waals surface area (Å²) in [7, 11) is 0. The van der Waals surface area contributed by atoms with Crippen molar-refractivity contribution in [2.45, 2.75) is 13.1 Å². The minimum Gasteiger partial charge on any atom is -0.350 e. The normalized spacial score (nSPS) is 10.8. The molecular formula is C20H17N5O2. The van der Waals surface area contributed by atoms with Gasteiger partial charge in [0.15, 0.2) is 11.5 Å². The van der Waals surface area contributed by atoms with Crippen molar-refractivity contribution in [2.75, 3.05) is 0 Å². The Kier molecular flexibility index (Phi) is 4.49. The molecule has 2 aromatic heterocycles. The van der Waals surface area contributed by atoms with Crippen LogP contribution < -0.4 is 11.0 Å². The van der Waals surface area contributed by atoms with Crippen molar-refractivity contribution >= 4 is 17.1 Å². The highest BCUT2D eigenvalue weighted by molar-refractivity contribution is 5.79. The fourth-order valence-electron chi connectivity index (χ4n) is 2.81. The number of nitrogens with one attached hydrogen (secondary N) is 2. The lowest BCUT2D eigenvalue weighted by molar-refractivity contribution is -0.121. The monoisotopic (exact) mass is 359 g/mol. The van der Waals surface area contributed by atoms with Crippen LogP contribution in [0.2, 0.25) is 0 Å². The topological polar surface area (TPSA) is 92.7 Å². The molecule has 0 radical (unpaired) electrons. The van der Waals surface area contributed by atoms with E-state index in [0.717, 1.165) is 11.1 Å². The summed E-state index contributed by atoms with van der Waals surface area (Å²) in [4.78, 5) is 36.0. The predicted molar refractivity (Wildman–Crippen MR) is 102 cm³/mol. The lowest BCUT2D eigenvalue weighted by Crippen LogP contribution is -2.31. The SMILES string of the molecule is O=C(Cn1c(=O)[nH]c2cnc(-c3ccccc3)nc21)NCc1ccccc1. The first-order valence-electron chi connectivity index (χ1n) is 8.52. The fourth-order valence-corrected chi connectivity index (χ4v) is 2.81. The van der Waals surface area contributed by atoms with Gasteiger partial charge in [0.25, 0.3) is 0 Å².